The molecule has 2 aliphatic heterocycles. The third kappa shape index (κ3) is 5.57. The lowest BCUT2D eigenvalue weighted by molar-refractivity contribution is -0.385. The number of likely N-dealkylation sites (tertiary alicyclic amines) is 1. The molecule has 0 N–H and O–H groups in total. The second kappa shape index (κ2) is 10.5. The van der Waals surface area contributed by atoms with Gasteiger partial charge in [-0.05, 0) is 44.5 Å². The average Bonchev–Trinajstić information content (AvgIpc) is 2.81. The van der Waals surface area contributed by atoms with Crippen molar-refractivity contribution in [3.63, 3.8) is 0 Å². The number of aromatic nitrogens is 1. The van der Waals surface area contributed by atoms with E-state index in [1.54, 1.807) is 12.1 Å². The van der Waals surface area contributed by atoms with E-state index < -0.39 is 4.92 Å². The normalized spacial score (nSPS) is 20.8. The number of hydrogen-bond donors (Lipinski definition) is 0. The Morgan fingerprint density at radius 1 is 1.18 bits per heavy atom. The molecule has 10 heteroatoms. The van der Waals surface area contributed by atoms with E-state index in [0.29, 0.717) is 40.1 Å². The van der Waals surface area contributed by atoms with Crippen molar-refractivity contribution in [3.8, 4) is 0 Å². The van der Waals surface area contributed by atoms with Gasteiger partial charge in [0.25, 0.3) is 5.69 Å². The molecule has 0 bridgehead atoms. The fourth-order valence-corrected chi connectivity index (χ4v) is 5.40. The Morgan fingerprint density at radius 2 is 1.94 bits per heavy atom. The molecule has 33 heavy (non-hydrogen) atoms. The first-order chi connectivity index (χ1) is 15.9. The maximum atomic E-state index is 14.2. The SMILES string of the molecule is CC[C@H]1CN(c2ncc([N+](=O)[O-])cc2Cl)CCN1C1CCN(Cc2ccc(Cl)cc2F)CC1. The van der Waals surface area contributed by atoms with E-state index in [9.17, 15) is 14.5 Å². The van der Waals surface area contributed by atoms with Crippen LogP contribution in [-0.4, -0.2) is 64.5 Å². The summed E-state index contributed by atoms with van der Waals surface area (Å²) in [6.07, 6.45) is 4.36. The van der Waals surface area contributed by atoms with Crippen LogP contribution in [0.5, 0.6) is 0 Å². The minimum atomic E-state index is -0.483. The third-order valence-electron chi connectivity index (χ3n) is 6.75. The lowest BCUT2D eigenvalue weighted by atomic mass is 9.97. The third-order valence-corrected chi connectivity index (χ3v) is 7.27. The Kier molecular flexibility index (Phi) is 7.69. The van der Waals surface area contributed by atoms with Gasteiger partial charge in [-0.15, -0.1) is 0 Å². The molecular weight excluding hydrogens is 468 g/mol. The van der Waals surface area contributed by atoms with Gasteiger partial charge in [-0.1, -0.05) is 36.2 Å². The van der Waals surface area contributed by atoms with Gasteiger partial charge in [-0.25, -0.2) is 9.37 Å². The van der Waals surface area contributed by atoms with Crippen molar-refractivity contribution < 1.29 is 9.31 Å². The summed E-state index contributed by atoms with van der Waals surface area (Å²) in [6.45, 7) is 7.10. The Labute approximate surface area is 203 Å². The Bertz CT molecular complexity index is 1000. The van der Waals surface area contributed by atoms with Crippen LogP contribution < -0.4 is 4.90 Å². The van der Waals surface area contributed by atoms with Crippen LogP contribution in [0.4, 0.5) is 15.9 Å². The number of nitro groups is 1. The molecule has 0 spiro atoms. The molecule has 0 amide bonds. The number of halogens is 3. The monoisotopic (exact) mass is 495 g/mol. The zero-order valence-electron chi connectivity index (χ0n) is 18.6. The summed E-state index contributed by atoms with van der Waals surface area (Å²) in [5, 5.41) is 11.7. The summed E-state index contributed by atoms with van der Waals surface area (Å²) in [5.74, 6) is 0.366. The van der Waals surface area contributed by atoms with Crippen LogP contribution in [0.3, 0.4) is 0 Å². The van der Waals surface area contributed by atoms with Crippen LogP contribution in [0.2, 0.25) is 10.0 Å². The van der Waals surface area contributed by atoms with E-state index in [0.717, 1.165) is 52.0 Å². The van der Waals surface area contributed by atoms with Crippen LogP contribution in [0.1, 0.15) is 31.7 Å². The number of rotatable bonds is 6. The highest BCUT2D eigenvalue weighted by atomic mass is 35.5. The van der Waals surface area contributed by atoms with Crippen molar-refractivity contribution in [1.82, 2.24) is 14.8 Å². The maximum absolute atomic E-state index is 14.2. The second-order valence-electron chi connectivity index (χ2n) is 8.75. The van der Waals surface area contributed by atoms with Gasteiger partial charge in [-0.2, -0.15) is 0 Å². The number of hydrogen-bond acceptors (Lipinski definition) is 6. The summed E-state index contributed by atoms with van der Waals surface area (Å²) in [7, 11) is 0. The second-order valence-corrected chi connectivity index (χ2v) is 9.59. The average molecular weight is 496 g/mol. The minimum absolute atomic E-state index is 0.0975. The number of piperidine rings is 1. The molecular formula is C23H28Cl2FN5O2. The van der Waals surface area contributed by atoms with Gasteiger partial charge in [0.2, 0.25) is 0 Å². The Morgan fingerprint density at radius 3 is 2.58 bits per heavy atom. The fourth-order valence-electron chi connectivity index (χ4n) is 4.96. The summed E-state index contributed by atoms with van der Waals surface area (Å²) in [4.78, 5) is 21.8. The van der Waals surface area contributed by atoms with Crippen molar-refractivity contribution in [1.29, 1.82) is 0 Å². The Balaban J connectivity index is 1.35. The van der Waals surface area contributed by atoms with Crippen molar-refractivity contribution >= 4 is 34.7 Å². The highest BCUT2D eigenvalue weighted by Crippen LogP contribution is 2.31. The molecule has 7 nitrogen and oxygen atoms in total. The van der Waals surface area contributed by atoms with Gasteiger partial charge >= 0.3 is 0 Å². The molecule has 0 aliphatic carbocycles. The first-order valence-corrected chi connectivity index (χ1v) is 12.1. The predicted octanol–water partition coefficient (Wildman–Crippen LogP) is 5.00. The molecule has 2 fully saturated rings. The summed E-state index contributed by atoms with van der Waals surface area (Å²) >= 11 is 12.2. The van der Waals surface area contributed by atoms with Crippen LogP contribution in [0, 0.1) is 15.9 Å². The first-order valence-electron chi connectivity index (χ1n) is 11.3. The number of anilines is 1. The molecule has 0 radical (unpaired) electrons. The van der Waals surface area contributed by atoms with Gasteiger partial charge in [-0.3, -0.25) is 19.9 Å². The van der Waals surface area contributed by atoms with E-state index in [2.05, 4.69) is 26.6 Å². The lowest BCUT2D eigenvalue weighted by Crippen LogP contribution is -2.58. The van der Waals surface area contributed by atoms with Crippen molar-refractivity contribution in [2.45, 2.75) is 44.8 Å². The van der Waals surface area contributed by atoms with E-state index >= 15 is 0 Å². The number of nitrogens with zero attached hydrogens (tertiary/aromatic N) is 5. The number of pyridine rings is 1. The van der Waals surface area contributed by atoms with E-state index in [1.807, 2.05) is 0 Å². The van der Waals surface area contributed by atoms with E-state index in [4.69, 9.17) is 23.2 Å². The van der Waals surface area contributed by atoms with Crippen molar-refractivity contribution in [3.05, 3.63) is 62.0 Å². The smallest absolute Gasteiger partial charge is 0.289 e. The Hall–Kier alpha value is -2.00. The highest BCUT2D eigenvalue weighted by molar-refractivity contribution is 6.33. The van der Waals surface area contributed by atoms with Gasteiger partial charge in [0.05, 0.1) is 9.95 Å². The number of piperazine rings is 1. The van der Waals surface area contributed by atoms with Crippen molar-refractivity contribution in [2.75, 3.05) is 37.6 Å². The zero-order valence-corrected chi connectivity index (χ0v) is 20.1. The molecule has 1 atom stereocenters. The van der Waals surface area contributed by atoms with E-state index in [-0.39, 0.29) is 11.5 Å². The standard InChI is InChI=1S/C23H28Cl2FN5O2/c1-2-18-15-29(23-21(25)12-20(13-27-23)31(32)33)9-10-30(18)19-5-7-28(8-6-19)14-16-3-4-17(24)11-22(16)26/h3-4,11-13,18-19H,2,5-10,14-15H2,1H3/t18-/m0/s1. The van der Waals surface area contributed by atoms with E-state index in [1.165, 1.54) is 18.3 Å². The molecule has 178 valence electrons. The maximum Gasteiger partial charge on any atom is 0.289 e. The summed E-state index contributed by atoms with van der Waals surface area (Å²) in [6, 6.07) is 7.11. The molecule has 1 aromatic carbocycles. The quantitative estimate of drug-likeness (QED) is 0.414. The molecule has 0 saturated carbocycles. The highest BCUT2D eigenvalue weighted by Gasteiger charge is 2.34. The largest absolute Gasteiger partial charge is 0.353 e. The lowest BCUT2D eigenvalue weighted by Gasteiger charge is -2.47. The molecule has 0 unspecified atom stereocenters. The van der Waals surface area contributed by atoms with Crippen LogP contribution >= 0.6 is 23.2 Å². The van der Waals surface area contributed by atoms with Gasteiger partial charge < -0.3 is 4.90 Å². The summed E-state index contributed by atoms with van der Waals surface area (Å²) < 4.78 is 14.2. The predicted molar refractivity (Wildman–Crippen MR) is 129 cm³/mol. The van der Waals surface area contributed by atoms with Crippen LogP contribution in [0.25, 0.3) is 0 Å². The molecule has 4 rings (SSSR count). The van der Waals surface area contributed by atoms with Gasteiger partial charge in [0.1, 0.15) is 17.8 Å². The van der Waals surface area contributed by atoms with Crippen LogP contribution in [-0.2, 0) is 6.54 Å². The molecule has 2 aliphatic rings. The van der Waals surface area contributed by atoms with Crippen molar-refractivity contribution in [2.24, 2.45) is 0 Å². The van der Waals surface area contributed by atoms with Gasteiger partial charge in [0, 0.05) is 54.9 Å². The molecule has 2 aromatic rings. The molecule has 3 heterocycles. The summed E-state index contributed by atoms with van der Waals surface area (Å²) in [5.41, 5.74) is 0.588. The first kappa shape index (κ1) is 24.1. The van der Waals surface area contributed by atoms with Crippen LogP contribution in [0.15, 0.2) is 30.5 Å². The van der Waals surface area contributed by atoms with Gasteiger partial charge in [0.15, 0.2) is 0 Å². The molecule has 2 saturated heterocycles. The molecule has 1 aromatic heterocycles. The fraction of sp³-hybridized carbons (Fsp3) is 0.522. The number of benzene rings is 1. The topological polar surface area (TPSA) is 65.8 Å². The minimum Gasteiger partial charge on any atom is -0.353 e. The zero-order chi connectivity index (χ0) is 23.5.